The minimum atomic E-state index is -4.25. The third-order valence-electron chi connectivity index (χ3n) is 2.39. The zero-order valence-electron chi connectivity index (χ0n) is 12.4. The number of carbonyl (C=O) groups is 1. The van der Waals surface area contributed by atoms with Crippen molar-refractivity contribution in [2.75, 3.05) is 5.32 Å². The molecular weight excluding hydrogens is 306 g/mol. The third-order valence-corrected chi connectivity index (χ3v) is 3.26. The molecule has 118 valence electrons. The second-order valence-electron chi connectivity index (χ2n) is 5.52. The van der Waals surface area contributed by atoms with Crippen LogP contribution in [-0.4, -0.2) is 24.4 Å². The maximum absolute atomic E-state index is 11.8. The molecule has 0 aromatic heterocycles. The molecule has 22 heavy (non-hydrogen) atoms. The van der Waals surface area contributed by atoms with E-state index < -0.39 is 21.6 Å². The highest BCUT2D eigenvalue weighted by atomic mass is 32.2. The Balaban J connectivity index is 2.86. The lowest BCUT2D eigenvalue weighted by atomic mass is 10.1. The van der Waals surface area contributed by atoms with Gasteiger partial charge in [0.1, 0.15) is 11.6 Å². The van der Waals surface area contributed by atoms with Gasteiger partial charge in [0.05, 0.1) is 4.90 Å². The van der Waals surface area contributed by atoms with Crippen LogP contribution in [-0.2, 0) is 14.9 Å². The number of hydrogen-bond donors (Lipinski definition) is 3. The smallest absolute Gasteiger partial charge is 0.294 e. The molecule has 0 saturated carbocycles. The Bertz CT molecular complexity index is 723. The fourth-order valence-electron chi connectivity index (χ4n) is 1.44. The fourth-order valence-corrected chi connectivity index (χ4v) is 1.92. The monoisotopic (exact) mass is 323 g/mol. The van der Waals surface area contributed by atoms with E-state index in [1.165, 1.54) is 30.5 Å². The van der Waals surface area contributed by atoms with Gasteiger partial charge in [-0.25, -0.2) is 0 Å². The van der Waals surface area contributed by atoms with Crippen LogP contribution in [0, 0.1) is 11.3 Å². The Morgan fingerprint density at radius 1 is 1.27 bits per heavy atom. The van der Waals surface area contributed by atoms with Crippen molar-refractivity contribution in [2.45, 2.75) is 31.2 Å². The average Bonchev–Trinajstić information content (AvgIpc) is 2.37. The van der Waals surface area contributed by atoms with Gasteiger partial charge in [0, 0.05) is 17.4 Å². The van der Waals surface area contributed by atoms with E-state index >= 15 is 0 Å². The van der Waals surface area contributed by atoms with Crippen molar-refractivity contribution < 1.29 is 17.8 Å². The van der Waals surface area contributed by atoms with E-state index in [1.807, 2.05) is 0 Å². The van der Waals surface area contributed by atoms with Crippen LogP contribution in [0.2, 0.25) is 0 Å². The highest BCUT2D eigenvalue weighted by molar-refractivity contribution is 7.85. The van der Waals surface area contributed by atoms with Gasteiger partial charge in [0.25, 0.3) is 16.0 Å². The summed E-state index contributed by atoms with van der Waals surface area (Å²) in [5.41, 5.74) is -0.123. The Morgan fingerprint density at radius 3 is 2.23 bits per heavy atom. The molecular formula is C14H17N3O4S. The molecule has 0 fully saturated rings. The molecule has 0 aliphatic rings. The van der Waals surface area contributed by atoms with Crippen molar-refractivity contribution >= 4 is 21.7 Å². The van der Waals surface area contributed by atoms with Gasteiger partial charge in [-0.05, 0) is 45.0 Å². The fraction of sp³-hybridized carbons (Fsp3) is 0.286. The van der Waals surface area contributed by atoms with Crippen molar-refractivity contribution in [2.24, 2.45) is 0 Å². The summed E-state index contributed by atoms with van der Waals surface area (Å²) in [7, 11) is -4.25. The Labute approximate surface area is 129 Å². The van der Waals surface area contributed by atoms with E-state index in [-0.39, 0.29) is 10.5 Å². The standard InChI is InChI=1S/C14H17N3O4S/c1-14(2,3)17-13(18)10(8-15)9-16-11-4-6-12(7-5-11)22(19,20)21/h4-7,9,16H,1-3H3,(H,17,18)(H,19,20,21)/b10-9-. The molecule has 1 amide bonds. The molecule has 3 N–H and O–H groups in total. The molecule has 0 aliphatic carbocycles. The average molecular weight is 323 g/mol. The van der Waals surface area contributed by atoms with Gasteiger partial charge in [-0.1, -0.05) is 0 Å². The van der Waals surface area contributed by atoms with Crippen LogP contribution in [0.15, 0.2) is 40.9 Å². The number of nitrogens with one attached hydrogen (secondary N) is 2. The van der Waals surface area contributed by atoms with Crippen molar-refractivity contribution in [1.82, 2.24) is 5.32 Å². The van der Waals surface area contributed by atoms with Gasteiger partial charge in [0.2, 0.25) is 0 Å². The van der Waals surface area contributed by atoms with Gasteiger partial charge < -0.3 is 10.6 Å². The van der Waals surface area contributed by atoms with E-state index in [0.29, 0.717) is 5.69 Å². The molecule has 0 spiro atoms. The predicted octanol–water partition coefficient (Wildman–Crippen LogP) is 1.67. The van der Waals surface area contributed by atoms with Crippen molar-refractivity contribution in [3.8, 4) is 6.07 Å². The number of carbonyl (C=O) groups excluding carboxylic acids is 1. The number of benzene rings is 1. The van der Waals surface area contributed by atoms with Crippen LogP contribution in [0.25, 0.3) is 0 Å². The summed E-state index contributed by atoms with van der Waals surface area (Å²) in [5, 5.41) is 14.4. The summed E-state index contributed by atoms with van der Waals surface area (Å²) in [6.07, 6.45) is 1.23. The lowest BCUT2D eigenvalue weighted by Crippen LogP contribution is -2.41. The summed E-state index contributed by atoms with van der Waals surface area (Å²) in [6, 6.07) is 6.98. The van der Waals surface area contributed by atoms with Crippen LogP contribution in [0.3, 0.4) is 0 Å². The largest absolute Gasteiger partial charge is 0.360 e. The number of rotatable bonds is 4. The minimum Gasteiger partial charge on any atom is -0.360 e. The summed E-state index contributed by atoms with van der Waals surface area (Å²) in [6.45, 7) is 5.38. The van der Waals surface area contributed by atoms with Crippen molar-refractivity contribution in [1.29, 1.82) is 5.26 Å². The molecule has 7 nitrogen and oxygen atoms in total. The van der Waals surface area contributed by atoms with E-state index in [4.69, 9.17) is 9.81 Å². The van der Waals surface area contributed by atoms with Gasteiger partial charge in [-0.3, -0.25) is 9.35 Å². The second-order valence-corrected chi connectivity index (χ2v) is 6.94. The normalized spacial score (nSPS) is 12.4. The van der Waals surface area contributed by atoms with E-state index in [9.17, 15) is 13.2 Å². The molecule has 0 saturated heterocycles. The minimum absolute atomic E-state index is 0.117. The Kier molecular flexibility index (Phi) is 5.30. The van der Waals surface area contributed by atoms with Gasteiger partial charge in [0.15, 0.2) is 0 Å². The highest BCUT2D eigenvalue weighted by Crippen LogP contribution is 2.14. The van der Waals surface area contributed by atoms with Gasteiger partial charge in [-0.15, -0.1) is 0 Å². The predicted molar refractivity (Wildman–Crippen MR) is 81.5 cm³/mol. The number of nitriles is 1. The topological polar surface area (TPSA) is 119 Å². The highest BCUT2D eigenvalue weighted by Gasteiger charge is 2.17. The third kappa shape index (κ3) is 5.55. The molecule has 0 bridgehead atoms. The molecule has 0 radical (unpaired) electrons. The summed E-state index contributed by atoms with van der Waals surface area (Å²) < 4.78 is 30.7. The summed E-state index contributed by atoms with van der Waals surface area (Å²) in [5.74, 6) is -0.517. The molecule has 0 unspecified atom stereocenters. The number of anilines is 1. The van der Waals surface area contributed by atoms with Crippen LogP contribution in [0.4, 0.5) is 5.69 Å². The molecule has 1 rings (SSSR count). The molecule has 0 heterocycles. The first-order chi connectivity index (χ1) is 10.0. The quantitative estimate of drug-likeness (QED) is 0.440. The first-order valence-corrected chi connectivity index (χ1v) is 7.74. The SMILES string of the molecule is CC(C)(C)NC(=O)/C(C#N)=C\Nc1ccc(S(=O)(=O)O)cc1. The lowest BCUT2D eigenvalue weighted by molar-refractivity contribution is -0.118. The lowest BCUT2D eigenvalue weighted by Gasteiger charge is -2.20. The van der Waals surface area contributed by atoms with Gasteiger partial charge in [-0.2, -0.15) is 13.7 Å². The van der Waals surface area contributed by atoms with Crippen molar-refractivity contribution in [3.63, 3.8) is 0 Å². The molecule has 1 aromatic rings. The van der Waals surface area contributed by atoms with Crippen LogP contribution >= 0.6 is 0 Å². The maximum atomic E-state index is 11.8. The zero-order chi connectivity index (χ0) is 17.0. The summed E-state index contributed by atoms with van der Waals surface area (Å²) >= 11 is 0. The Hall–Kier alpha value is -2.37. The van der Waals surface area contributed by atoms with E-state index in [2.05, 4.69) is 10.6 Å². The van der Waals surface area contributed by atoms with Crippen LogP contribution in [0.1, 0.15) is 20.8 Å². The Morgan fingerprint density at radius 2 is 1.82 bits per heavy atom. The second kappa shape index (κ2) is 6.60. The molecule has 0 aliphatic heterocycles. The van der Waals surface area contributed by atoms with E-state index in [1.54, 1.807) is 26.8 Å². The van der Waals surface area contributed by atoms with Crippen LogP contribution < -0.4 is 10.6 Å². The number of amides is 1. The first-order valence-electron chi connectivity index (χ1n) is 6.30. The van der Waals surface area contributed by atoms with Crippen LogP contribution in [0.5, 0.6) is 0 Å². The molecule has 8 heteroatoms. The number of hydrogen-bond acceptors (Lipinski definition) is 5. The maximum Gasteiger partial charge on any atom is 0.294 e. The first kappa shape index (κ1) is 17.7. The summed E-state index contributed by atoms with van der Waals surface area (Å²) in [4.78, 5) is 11.6. The zero-order valence-corrected chi connectivity index (χ0v) is 13.2. The van der Waals surface area contributed by atoms with E-state index in [0.717, 1.165) is 0 Å². The van der Waals surface area contributed by atoms with Crippen molar-refractivity contribution in [3.05, 3.63) is 36.0 Å². The molecule has 1 aromatic carbocycles. The molecule has 0 atom stereocenters. The van der Waals surface area contributed by atoms with Gasteiger partial charge >= 0.3 is 0 Å². The number of nitrogens with zero attached hydrogens (tertiary/aromatic N) is 1.